The number of thiophene rings is 1. The molecule has 3 rings (SSSR count). The molecule has 22 heavy (non-hydrogen) atoms. The van der Waals surface area contributed by atoms with Crippen LogP contribution in [-0.2, 0) is 24.2 Å². The molecule has 2 heterocycles. The SMILES string of the molecule is Cc1c(Cl)cnn1CC(=O)Nc1sc2c(c1C#N)CCCC2. The molecule has 0 bridgehead atoms. The third kappa shape index (κ3) is 2.74. The standard InChI is InChI=1S/C15H15ClN4OS/c1-9-12(16)7-18-20(9)8-14(21)19-15-11(6-17)10-4-2-3-5-13(10)22-15/h7H,2-5,8H2,1H3,(H,19,21). The number of fused-ring (bicyclic) bond motifs is 1. The van der Waals surface area contributed by atoms with Gasteiger partial charge in [-0.15, -0.1) is 11.3 Å². The minimum Gasteiger partial charge on any atom is -0.315 e. The first-order chi connectivity index (χ1) is 10.6. The first-order valence-corrected chi connectivity index (χ1v) is 8.32. The van der Waals surface area contributed by atoms with E-state index in [-0.39, 0.29) is 12.5 Å². The van der Waals surface area contributed by atoms with Crippen molar-refractivity contribution in [3.8, 4) is 6.07 Å². The summed E-state index contributed by atoms with van der Waals surface area (Å²) in [7, 11) is 0. The fourth-order valence-corrected chi connectivity index (χ4v) is 4.05. The van der Waals surface area contributed by atoms with E-state index in [4.69, 9.17) is 11.6 Å². The van der Waals surface area contributed by atoms with Crippen LogP contribution >= 0.6 is 22.9 Å². The van der Waals surface area contributed by atoms with E-state index < -0.39 is 0 Å². The Bertz CT molecular complexity index is 771. The minimum atomic E-state index is -0.196. The van der Waals surface area contributed by atoms with Crippen LogP contribution in [0.3, 0.4) is 0 Å². The predicted molar refractivity (Wildman–Crippen MR) is 86.3 cm³/mol. The normalized spacial score (nSPS) is 13.5. The summed E-state index contributed by atoms with van der Waals surface area (Å²) in [4.78, 5) is 13.4. The van der Waals surface area contributed by atoms with Crippen molar-refractivity contribution in [2.45, 2.75) is 39.2 Å². The average molecular weight is 335 g/mol. The van der Waals surface area contributed by atoms with Crippen molar-refractivity contribution in [3.05, 3.63) is 32.9 Å². The van der Waals surface area contributed by atoms with Gasteiger partial charge in [-0.05, 0) is 38.2 Å². The molecule has 0 fully saturated rings. The molecule has 0 saturated carbocycles. The first-order valence-electron chi connectivity index (χ1n) is 7.12. The van der Waals surface area contributed by atoms with Crippen molar-refractivity contribution >= 4 is 33.8 Å². The second kappa shape index (κ2) is 6.11. The van der Waals surface area contributed by atoms with Crippen molar-refractivity contribution in [3.63, 3.8) is 0 Å². The maximum absolute atomic E-state index is 12.2. The molecule has 0 spiro atoms. The summed E-state index contributed by atoms with van der Waals surface area (Å²) in [5.74, 6) is -0.196. The van der Waals surface area contributed by atoms with E-state index >= 15 is 0 Å². The molecule has 1 aliphatic rings. The highest BCUT2D eigenvalue weighted by molar-refractivity contribution is 7.16. The molecule has 1 amide bonds. The number of hydrogen-bond acceptors (Lipinski definition) is 4. The molecule has 0 aliphatic heterocycles. The van der Waals surface area contributed by atoms with Crippen LogP contribution in [0.15, 0.2) is 6.20 Å². The second-order valence-electron chi connectivity index (χ2n) is 5.31. The van der Waals surface area contributed by atoms with Crippen molar-refractivity contribution in [1.29, 1.82) is 5.26 Å². The number of amides is 1. The molecule has 1 N–H and O–H groups in total. The molecule has 1 aliphatic carbocycles. The number of halogens is 1. The van der Waals surface area contributed by atoms with Crippen LogP contribution in [0.2, 0.25) is 5.02 Å². The van der Waals surface area contributed by atoms with Crippen LogP contribution in [0.5, 0.6) is 0 Å². The topological polar surface area (TPSA) is 70.7 Å². The van der Waals surface area contributed by atoms with Gasteiger partial charge in [-0.3, -0.25) is 9.48 Å². The number of anilines is 1. The van der Waals surface area contributed by atoms with Gasteiger partial charge in [0.2, 0.25) is 5.91 Å². The number of carbonyl (C=O) groups excluding carboxylic acids is 1. The Balaban J connectivity index is 1.78. The van der Waals surface area contributed by atoms with E-state index in [1.54, 1.807) is 4.68 Å². The zero-order chi connectivity index (χ0) is 15.7. The Kier molecular flexibility index (Phi) is 4.19. The Hall–Kier alpha value is -1.84. The molecule has 5 nitrogen and oxygen atoms in total. The third-order valence-electron chi connectivity index (χ3n) is 3.87. The summed E-state index contributed by atoms with van der Waals surface area (Å²) >= 11 is 7.46. The number of aryl methyl sites for hydroxylation is 1. The lowest BCUT2D eigenvalue weighted by molar-refractivity contribution is -0.116. The monoisotopic (exact) mass is 334 g/mol. The lowest BCUT2D eigenvalue weighted by Crippen LogP contribution is -2.20. The summed E-state index contributed by atoms with van der Waals surface area (Å²) in [6.45, 7) is 1.90. The number of nitrogens with one attached hydrogen (secondary N) is 1. The van der Waals surface area contributed by atoms with Crippen LogP contribution in [0, 0.1) is 18.3 Å². The Morgan fingerprint density at radius 2 is 2.32 bits per heavy atom. The lowest BCUT2D eigenvalue weighted by Gasteiger charge is -2.09. The molecular weight excluding hydrogens is 320 g/mol. The summed E-state index contributed by atoms with van der Waals surface area (Å²) in [6.07, 6.45) is 5.71. The van der Waals surface area contributed by atoms with Crippen LogP contribution < -0.4 is 5.32 Å². The van der Waals surface area contributed by atoms with Gasteiger partial charge in [0.15, 0.2) is 0 Å². The van der Waals surface area contributed by atoms with Crippen LogP contribution in [-0.4, -0.2) is 15.7 Å². The maximum atomic E-state index is 12.2. The van der Waals surface area contributed by atoms with E-state index in [0.29, 0.717) is 15.6 Å². The maximum Gasteiger partial charge on any atom is 0.246 e. The van der Waals surface area contributed by atoms with E-state index in [1.807, 2.05) is 6.92 Å². The number of aromatic nitrogens is 2. The van der Waals surface area contributed by atoms with E-state index in [1.165, 1.54) is 22.4 Å². The van der Waals surface area contributed by atoms with Crippen molar-refractivity contribution in [2.24, 2.45) is 0 Å². The Morgan fingerprint density at radius 1 is 1.55 bits per heavy atom. The van der Waals surface area contributed by atoms with E-state index in [2.05, 4.69) is 16.5 Å². The van der Waals surface area contributed by atoms with Gasteiger partial charge in [0.25, 0.3) is 0 Å². The molecule has 2 aromatic rings. The summed E-state index contributed by atoms with van der Waals surface area (Å²) in [6, 6.07) is 2.24. The fraction of sp³-hybridized carbons (Fsp3) is 0.400. The van der Waals surface area contributed by atoms with Gasteiger partial charge in [-0.2, -0.15) is 10.4 Å². The summed E-state index contributed by atoms with van der Waals surface area (Å²) in [5, 5.41) is 17.5. The molecule has 7 heteroatoms. The van der Waals surface area contributed by atoms with Crippen molar-refractivity contribution in [2.75, 3.05) is 5.32 Å². The number of rotatable bonds is 3. The van der Waals surface area contributed by atoms with E-state index in [9.17, 15) is 10.1 Å². The van der Waals surface area contributed by atoms with Crippen molar-refractivity contribution in [1.82, 2.24) is 9.78 Å². The highest BCUT2D eigenvalue weighted by Crippen LogP contribution is 2.37. The smallest absolute Gasteiger partial charge is 0.246 e. The molecule has 2 aromatic heterocycles. The Morgan fingerprint density at radius 3 is 3.00 bits per heavy atom. The third-order valence-corrected chi connectivity index (χ3v) is 5.45. The highest BCUT2D eigenvalue weighted by Gasteiger charge is 2.22. The fourth-order valence-electron chi connectivity index (χ4n) is 2.66. The van der Waals surface area contributed by atoms with Gasteiger partial charge in [0.1, 0.15) is 17.6 Å². The van der Waals surface area contributed by atoms with Crippen molar-refractivity contribution < 1.29 is 4.79 Å². The highest BCUT2D eigenvalue weighted by atomic mass is 35.5. The van der Waals surface area contributed by atoms with Gasteiger partial charge in [0, 0.05) is 4.88 Å². The quantitative estimate of drug-likeness (QED) is 0.936. The van der Waals surface area contributed by atoms with Crippen LogP contribution in [0.25, 0.3) is 0 Å². The largest absolute Gasteiger partial charge is 0.315 e. The zero-order valence-electron chi connectivity index (χ0n) is 12.1. The number of nitrogens with zero attached hydrogens (tertiary/aromatic N) is 3. The molecule has 0 saturated heterocycles. The minimum absolute atomic E-state index is 0.0893. The van der Waals surface area contributed by atoms with Crippen LogP contribution in [0.1, 0.15) is 34.5 Å². The van der Waals surface area contributed by atoms with Gasteiger partial charge in [0.05, 0.1) is 22.5 Å². The first kappa shape index (κ1) is 15.1. The van der Waals surface area contributed by atoms with Gasteiger partial charge in [-0.1, -0.05) is 11.6 Å². The van der Waals surface area contributed by atoms with E-state index in [0.717, 1.165) is 36.9 Å². The molecule has 0 atom stereocenters. The molecule has 0 radical (unpaired) electrons. The van der Waals surface area contributed by atoms with Gasteiger partial charge >= 0.3 is 0 Å². The summed E-state index contributed by atoms with van der Waals surface area (Å²) < 4.78 is 1.55. The zero-order valence-corrected chi connectivity index (χ0v) is 13.7. The van der Waals surface area contributed by atoms with Gasteiger partial charge in [-0.25, -0.2) is 0 Å². The lowest BCUT2D eigenvalue weighted by atomic mass is 9.96. The number of hydrogen-bond donors (Lipinski definition) is 1. The number of carbonyl (C=O) groups is 1. The Labute approximate surface area is 137 Å². The summed E-state index contributed by atoms with van der Waals surface area (Å²) in [5.41, 5.74) is 2.50. The molecular formula is C15H15ClN4OS. The predicted octanol–water partition coefficient (Wildman–Crippen LogP) is 3.30. The molecule has 0 aromatic carbocycles. The second-order valence-corrected chi connectivity index (χ2v) is 6.82. The molecule has 114 valence electrons. The number of nitriles is 1. The van der Waals surface area contributed by atoms with Crippen LogP contribution in [0.4, 0.5) is 5.00 Å². The van der Waals surface area contributed by atoms with Gasteiger partial charge < -0.3 is 5.32 Å². The average Bonchev–Trinajstić information content (AvgIpc) is 3.01. The molecule has 0 unspecified atom stereocenters.